The summed E-state index contributed by atoms with van der Waals surface area (Å²) in [6.45, 7) is 0. The fraction of sp³-hybridized carbons (Fsp3) is 0.462. The summed E-state index contributed by atoms with van der Waals surface area (Å²) in [5.41, 5.74) is 1.88. The van der Waals surface area contributed by atoms with Gasteiger partial charge in [-0.25, -0.2) is 13.1 Å². The highest BCUT2D eigenvalue weighted by Gasteiger charge is 2.23. The van der Waals surface area contributed by atoms with Crippen LogP contribution in [0.3, 0.4) is 0 Å². The molecule has 0 spiro atoms. The summed E-state index contributed by atoms with van der Waals surface area (Å²) in [4.78, 5) is 0. The molecule has 0 unspecified atom stereocenters. The van der Waals surface area contributed by atoms with E-state index in [1.165, 1.54) is 0 Å². The third-order valence-corrected chi connectivity index (χ3v) is 5.38. The number of anilines is 1. The molecule has 8 heteroatoms. The maximum Gasteiger partial charge on any atom is 0.181 e. The van der Waals surface area contributed by atoms with E-state index >= 15 is 0 Å². The number of hydrogen-bond acceptors (Lipinski definition) is 6. The number of nitrogens with zero attached hydrogens (tertiary/aromatic N) is 4. The fourth-order valence-electron chi connectivity index (χ4n) is 2.49. The number of tetrazole rings is 1. The molecule has 0 bridgehead atoms. The molecule has 1 aromatic carbocycles. The Labute approximate surface area is 123 Å². The Morgan fingerprint density at radius 1 is 1.29 bits per heavy atom. The summed E-state index contributed by atoms with van der Waals surface area (Å²) >= 11 is 0. The number of nitrogens with one attached hydrogen (secondary N) is 1. The summed E-state index contributed by atoms with van der Waals surface area (Å²) in [6.07, 6.45) is 1.30. The van der Waals surface area contributed by atoms with E-state index < -0.39 is 9.84 Å². The summed E-state index contributed by atoms with van der Waals surface area (Å²) in [5.74, 6) is 1.22. The number of aryl methyl sites for hydroxylation is 1. The second kappa shape index (κ2) is 5.44. The normalized spacial score (nSPS) is 18.5. The lowest BCUT2D eigenvalue weighted by atomic mass is 10.1. The zero-order valence-corrected chi connectivity index (χ0v) is 12.5. The minimum atomic E-state index is -2.83. The van der Waals surface area contributed by atoms with Crippen molar-refractivity contribution in [1.29, 1.82) is 0 Å². The largest absolute Gasteiger partial charge is 0.382 e. The van der Waals surface area contributed by atoms with Crippen LogP contribution in [0.4, 0.5) is 5.69 Å². The predicted molar refractivity (Wildman–Crippen MR) is 79.5 cm³/mol. The van der Waals surface area contributed by atoms with Gasteiger partial charge in [-0.1, -0.05) is 12.1 Å². The van der Waals surface area contributed by atoms with E-state index in [9.17, 15) is 8.42 Å². The maximum absolute atomic E-state index is 11.4. The van der Waals surface area contributed by atoms with Crippen molar-refractivity contribution >= 4 is 15.5 Å². The Morgan fingerprint density at radius 2 is 2.05 bits per heavy atom. The van der Waals surface area contributed by atoms with Crippen molar-refractivity contribution in [1.82, 2.24) is 20.2 Å². The highest BCUT2D eigenvalue weighted by atomic mass is 32.2. The molecule has 1 N–H and O–H groups in total. The molecule has 0 radical (unpaired) electrons. The fourth-order valence-corrected chi connectivity index (χ4v) is 3.98. The smallest absolute Gasteiger partial charge is 0.181 e. The van der Waals surface area contributed by atoms with Crippen molar-refractivity contribution in [2.45, 2.75) is 18.9 Å². The molecule has 1 aliphatic heterocycles. The Balaban J connectivity index is 1.74. The quantitative estimate of drug-likeness (QED) is 0.905. The molecular formula is C13H17N5O2S. The summed E-state index contributed by atoms with van der Waals surface area (Å²) < 4.78 is 24.5. The third kappa shape index (κ3) is 3.21. The van der Waals surface area contributed by atoms with Crippen molar-refractivity contribution in [3.63, 3.8) is 0 Å². The highest BCUT2D eigenvalue weighted by molar-refractivity contribution is 7.91. The van der Waals surface area contributed by atoms with Gasteiger partial charge in [0.05, 0.1) is 11.5 Å². The standard InChI is InChI=1S/C13H17N5O2S/c1-18-13(15-16-17-18)10-3-2-4-12(9-10)14-11-5-7-21(19,20)8-6-11/h2-4,9,11,14H,5-8H2,1H3. The summed E-state index contributed by atoms with van der Waals surface area (Å²) in [6, 6.07) is 8.03. The van der Waals surface area contributed by atoms with Crippen LogP contribution in [0.2, 0.25) is 0 Å². The van der Waals surface area contributed by atoms with Crippen molar-refractivity contribution < 1.29 is 8.42 Å². The minimum absolute atomic E-state index is 0.196. The summed E-state index contributed by atoms with van der Waals surface area (Å²) in [7, 11) is -1.03. The Hall–Kier alpha value is -1.96. The van der Waals surface area contributed by atoms with E-state index in [4.69, 9.17) is 0 Å². The van der Waals surface area contributed by atoms with Gasteiger partial charge in [0, 0.05) is 24.3 Å². The van der Waals surface area contributed by atoms with Gasteiger partial charge in [-0.05, 0) is 35.4 Å². The van der Waals surface area contributed by atoms with Crippen LogP contribution in [0.25, 0.3) is 11.4 Å². The first-order valence-electron chi connectivity index (χ1n) is 6.83. The van der Waals surface area contributed by atoms with E-state index in [0.717, 1.165) is 11.3 Å². The predicted octanol–water partition coefficient (Wildman–Crippen LogP) is 0.866. The minimum Gasteiger partial charge on any atom is -0.382 e. The number of aromatic nitrogens is 4. The van der Waals surface area contributed by atoms with Crippen molar-refractivity contribution in [3.8, 4) is 11.4 Å². The Morgan fingerprint density at radius 3 is 2.71 bits per heavy atom. The molecular weight excluding hydrogens is 290 g/mol. The lowest BCUT2D eigenvalue weighted by molar-refractivity contribution is 0.559. The first-order valence-corrected chi connectivity index (χ1v) is 8.65. The molecule has 1 fully saturated rings. The van der Waals surface area contributed by atoms with E-state index in [2.05, 4.69) is 20.8 Å². The molecule has 7 nitrogen and oxygen atoms in total. The lowest BCUT2D eigenvalue weighted by Gasteiger charge is -2.24. The molecule has 112 valence electrons. The van der Waals surface area contributed by atoms with E-state index in [1.54, 1.807) is 11.7 Å². The van der Waals surface area contributed by atoms with Crippen LogP contribution in [-0.4, -0.2) is 46.2 Å². The Kier molecular flexibility index (Phi) is 3.62. The SMILES string of the molecule is Cn1nnnc1-c1cccc(NC2CCS(=O)(=O)CC2)c1. The second-order valence-electron chi connectivity index (χ2n) is 5.28. The Bertz CT molecular complexity index is 727. The molecule has 0 aliphatic carbocycles. The van der Waals surface area contributed by atoms with Crippen LogP contribution in [0.15, 0.2) is 24.3 Å². The van der Waals surface area contributed by atoms with E-state index in [0.29, 0.717) is 18.7 Å². The van der Waals surface area contributed by atoms with Crippen LogP contribution >= 0.6 is 0 Å². The van der Waals surface area contributed by atoms with Crippen LogP contribution < -0.4 is 5.32 Å². The topological polar surface area (TPSA) is 89.8 Å². The molecule has 2 aromatic rings. The third-order valence-electron chi connectivity index (χ3n) is 3.67. The number of benzene rings is 1. The van der Waals surface area contributed by atoms with Crippen LogP contribution in [0.1, 0.15) is 12.8 Å². The van der Waals surface area contributed by atoms with Gasteiger partial charge in [0.2, 0.25) is 0 Å². The van der Waals surface area contributed by atoms with Gasteiger partial charge in [-0.3, -0.25) is 0 Å². The highest BCUT2D eigenvalue weighted by Crippen LogP contribution is 2.22. The maximum atomic E-state index is 11.4. The molecule has 1 aromatic heterocycles. The van der Waals surface area contributed by atoms with E-state index in [1.807, 2.05) is 24.3 Å². The van der Waals surface area contributed by atoms with Crippen molar-refractivity contribution in [2.24, 2.45) is 7.05 Å². The van der Waals surface area contributed by atoms with Gasteiger partial charge in [0.25, 0.3) is 0 Å². The molecule has 0 amide bonds. The van der Waals surface area contributed by atoms with Crippen LogP contribution in [0, 0.1) is 0 Å². The zero-order valence-electron chi connectivity index (χ0n) is 11.7. The van der Waals surface area contributed by atoms with Crippen molar-refractivity contribution in [3.05, 3.63) is 24.3 Å². The average molecular weight is 307 g/mol. The lowest BCUT2D eigenvalue weighted by Crippen LogP contribution is -2.32. The van der Waals surface area contributed by atoms with Gasteiger partial charge < -0.3 is 5.32 Å². The molecule has 2 heterocycles. The molecule has 1 aliphatic rings. The van der Waals surface area contributed by atoms with Crippen LogP contribution in [0.5, 0.6) is 0 Å². The monoisotopic (exact) mass is 307 g/mol. The number of sulfone groups is 1. The molecule has 0 saturated carbocycles. The molecule has 1 saturated heterocycles. The number of hydrogen-bond donors (Lipinski definition) is 1. The van der Waals surface area contributed by atoms with Gasteiger partial charge in [-0.2, -0.15) is 0 Å². The molecule has 0 atom stereocenters. The molecule has 21 heavy (non-hydrogen) atoms. The zero-order chi connectivity index (χ0) is 14.9. The molecule has 3 rings (SSSR count). The average Bonchev–Trinajstić information content (AvgIpc) is 2.88. The van der Waals surface area contributed by atoms with Crippen LogP contribution in [-0.2, 0) is 16.9 Å². The number of rotatable bonds is 3. The van der Waals surface area contributed by atoms with Gasteiger partial charge in [-0.15, -0.1) is 5.10 Å². The van der Waals surface area contributed by atoms with Gasteiger partial charge >= 0.3 is 0 Å². The first kappa shape index (κ1) is 14.0. The summed E-state index contributed by atoms with van der Waals surface area (Å²) in [5, 5.41) is 14.8. The van der Waals surface area contributed by atoms with Crippen molar-refractivity contribution in [2.75, 3.05) is 16.8 Å². The second-order valence-corrected chi connectivity index (χ2v) is 7.58. The van der Waals surface area contributed by atoms with Gasteiger partial charge in [0.1, 0.15) is 9.84 Å². The van der Waals surface area contributed by atoms with E-state index in [-0.39, 0.29) is 17.5 Å². The first-order chi connectivity index (χ1) is 10.0. The van der Waals surface area contributed by atoms with Gasteiger partial charge in [0.15, 0.2) is 5.82 Å².